The quantitative estimate of drug-likeness (QED) is 0.893. The number of carbonyl (C=O) groups is 1. The van der Waals surface area contributed by atoms with E-state index in [9.17, 15) is 4.79 Å². The number of hydrogen-bond acceptors (Lipinski definition) is 5. The van der Waals surface area contributed by atoms with Gasteiger partial charge in [0.05, 0.1) is 16.6 Å². The van der Waals surface area contributed by atoms with Gasteiger partial charge in [-0.1, -0.05) is 34.3 Å². The van der Waals surface area contributed by atoms with Gasteiger partial charge in [0.2, 0.25) is 5.91 Å². The first-order chi connectivity index (χ1) is 12.0. The summed E-state index contributed by atoms with van der Waals surface area (Å²) in [6.45, 7) is 7.41. The first kappa shape index (κ1) is 18.0. The molecule has 5 nitrogen and oxygen atoms in total. The summed E-state index contributed by atoms with van der Waals surface area (Å²) in [4.78, 5) is 15.4. The Morgan fingerprint density at radius 3 is 2.92 bits per heavy atom. The number of aryl methyl sites for hydroxylation is 2. The van der Waals surface area contributed by atoms with Crippen LogP contribution in [-0.2, 0) is 17.8 Å². The third-order valence-corrected chi connectivity index (χ3v) is 5.80. The fourth-order valence-corrected chi connectivity index (χ4v) is 4.24. The standard InChI is InChI=1S/C19H26N4OS/c1-13-6-4-7-16(10-13)11-18-17(8-5-9-23(18)15(3)24)20-12-19-14(2)21-22-25-19/h4,6-7,10,17-18,20H,5,8-9,11-12H2,1-3H3/t17-,18-/m0/s1. The van der Waals surface area contributed by atoms with E-state index < -0.39 is 0 Å². The van der Waals surface area contributed by atoms with Gasteiger partial charge >= 0.3 is 0 Å². The SMILES string of the molecule is CC(=O)N1CCC[C@H](NCc2snnc2C)[C@@H]1Cc1cccc(C)c1. The summed E-state index contributed by atoms with van der Waals surface area (Å²) < 4.78 is 4.01. The van der Waals surface area contributed by atoms with Crippen molar-refractivity contribution in [2.75, 3.05) is 6.54 Å². The van der Waals surface area contributed by atoms with Crippen LogP contribution in [0.4, 0.5) is 0 Å². The number of likely N-dealkylation sites (tertiary alicyclic amines) is 1. The van der Waals surface area contributed by atoms with E-state index in [1.165, 1.54) is 27.5 Å². The van der Waals surface area contributed by atoms with Gasteiger partial charge in [0.25, 0.3) is 0 Å². The molecular weight excluding hydrogens is 332 g/mol. The first-order valence-corrected chi connectivity index (χ1v) is 9.66. The Morgan fingerprint density at radius 1 is 1.40 bits per heavy atom. The fraction of sp³-hybridized carbons (Fsp3) is 0.526. The number of nitrogens with zero attached hydrogens (tertiary/aromatic N) is 3. The van der Waals surface area contributed by atoms with Gasteiger partial charge in [-0.15, -0.1) is 5.10 Å². The molecule has 1 amide bonds. The maximum absolute atomic E-state index is 12.2. The molecule has 2 atom stereocenters. The molecule has 1 fully saturated rings. The Labute approximate surface area is 153 Å². The molecule has 134 valence electrons. The van der Waals surface area contributed by atoms with E-state index in [-0.39, 0.29) is 11.9 Å². The first-order valence-electron chi connectivity index (χ1n) is 8.88. The van der Waals surface area contributed by atoms with Gasteiger partial charge < -0.3 is 10.2 Å². The molecule has 0 saturated carbocycles. The number of nitrogens with one attached hydrogen (secondary N) is 1. The van der Waals surface area contributed by atoms with Gasteiger partial charge in [0.1, 0.15) is 0 Å². The fourth-order valence-electron chi connectivity index (χ4n) is 3.66. The molecule has 0 radical (unpaired) electrons. The summed E-state index contributed by atoms with van der Waals surface area (Å²) in [7, 11) is 0. The second kappa shape index (κ2) is 8.06. The Morgan fingerprint density at radius 2 is 2.24 bits per heavy atom. The lowest BCUT2D eigenvalue weighted by atomic mass is 9.90. The summed E-state index contributed by atoms with van der Waals surface area (Å²) in [5.41, 5.74) is 3.55. The predicted octanol–water partition coefficient (Wildman–Crippen LogP) is 2.87. The zero-order chi connectivity index (χ0) is 17.8. The molecule has 1 aromatic heterocycles. The van der Waals surface area contributed by atoms with Gasteiger partial charge in [0, 0.05) is 26.1 Å². The molecule has 1 aliphatic heterocycles. The minimum absolute atomic E-state index is 0.166. The van der Waals surface area contributed by atoms with Crippen molar-refractivity contribution in [2.45, 2.75) is 58.7 Å². The van der Waals surface area contributed by atoms with E-state index in [4.69, 9.17) is 0 Å². The summed E-state index contributed by atoms with van der Waals surface area (Å²) in [5, 5.41) is 7.76. The molecule has 0 spiro atoms. The van der Waals surface area contributed by atoms with Crippen LogP contribution in [0.1, 0.15) is 41.5 Å². The number of rotatable bonds is 5. The van der Waals surface area contributed by atoms with Crippen LogP contribution in [0.25, 0.3) is 0 Å². The van der Waals surface area contributed by atoms with Gasteiger partial charge in [-0.3, -0.25) is 4.79 Å². The van der Waals surface area contributed by atoms with Gasteiger partial charge in [-0.05, 0) is 50.2 Å². The number of hydrogen-bond donors (Lipinski definition) is 1. The van der Waals surface area contributed by atoms with Crippen LogP contribution in [0.2, 0.25) is 0 Å². The topological polar surface area (TPSA) is 58.1 Å². The van der Waals surface area contributed by atoms with E-state index in [1.54, 1.807) is 6.92 Å². The van der Waals surface area contributed by atoms with Gasteiger partial charge in [-0.25, -0.2) is 0 Å². The lowest BCUT2D eigenvalue weighted by Crippen LogP contribution is -2.56. The van der Waals surface area contributed by atoms with Crippen molar-refractivity contribution in [3.8, 4) is 0 Å². The number of aromatic nitrogens is 2. The molecule has 0 bridgehead atoms. The van der Waals surface area contributed by atoms with Crippen molar-refractivity contribution < 1.29 is 4.79 Å². The summed E-state index contributed by atoms with van der Waals surface area (Å²) >= 11 is 1.45. The third kappa shape index (κ3) is 4.44. The van der Waals surface area contributed by atoms with Crippen molar-refractivity contribution in [3.63, 3.8) is 0 Å². The number of carbonyl (C=O) groups excluding carboxylic acids is 1. The molecule has 1 saturated heterocycles. The van der Waals surface area contributed by atoms with E-state index in [2.05, 4.69) is 46.1 Å². The average Bonchev–Trinajstić information content (AvgIpc) is 2.98. The van der Waals surface area contributed by atoms with Gasteiger partial charge in [0.15, 0.2) is 0 Å². The highest BCUT2D eigenvalue weighted by Gasteiger charge is 2.32. The molecule has 0 aliphatic carbocycles. The van der Waals surface area contributed by atoms with Crippen LogP contribution in [0.15, 0.2) is 24.3 Å². The largest absolute Gasteiger partial charge is 0.338 e. The average molecular weight is 359 g/mol. The van der Waals surface area contributed by atoms with E-state index in [1.807, 2.05) is 11.8 Å². The van der Waals surface area contributed by atoms with E-state index >= 15 is 0 Å². The molecule has 1 aliphatic rings. The highest BCUT2D eigenvalue weighted by Crippen LogP contribution is 2.23. The maximum atomic E-state index is 12.2. The van der Waals surface area contributed by atoms with Crippen molar-refractivity contribution in [2.24, 2.45) is 0 Å². The zero-order valence-corrected chi connectivity index (χ0v) is 16.0. The summed E-state index contributed by atoms with van der Waals surface area (Å²) in [6.07, 6.45) is 3.02. The van der Waals surface area contributed by atoms with Crippen LogP contribution in [-0.4, -0.2) is 39.0 Å². The molecule has 1 N–H and O–H groups in total. The highest BCUT2D eigenvalue weighted by molar-refractivity contribution is 7.05. The molecule has 2 heterocycles. The van der Waals surface area contributed by atoms with Crippen molar-refractivity contribution in [1.82, 2.24) is 19.8 Å². The lowest BCUT2D eigenvalue weighted by molar-refractivity contribution is -0.133. The Kier molecular flexibility index (Phi) is 5.81. The predicted molar refractivity (Wildman–Crippen MR) is 101 cm³/mol. The third-order valence-electron chi connectivity index (χ3n) is 4.98. The summed E-state index contributed by atoms with van der Waals surface area (Å²) in [5.74, 6) is 0.166. The number of piperidine rings is 1. The molecule has 0 unspecified atom stereocenters. The zero-order valence-electron chi connectivity index (χ0n) is 15.2. The van der Waals surface area contributed by atoms with Crippen molar-refractivity contribution in [3.05, 3.63) is 46.0 Å². The number of amides is 1. The summed E-state index contributed by atoms with van der Waals surface area (Å²) in [6, 6.07) is 9.08. The van der Waals surface area contributed by atoms with Crippen LogP contribution >= 0.6 is 11.5 Å². The second-order valence-electron chi connectivity index (χ2n) is 6.88. The lowest BCUT2D eigenvalue weighted by Gasteiger charge is -2.41. The molecule has 1 aromatic carbocycles. The van der Waals surface area contributed by atoms with Crippen LogP contribution < -0.4 is 5.32 Å². The molecular formula is C19H26N4OS. The maximum Gasteiger partial charge on any atom is 0.219 e. The van der Waals surface area contributed by atoms with Crippen LogP contribution in [0, 0.1) is 13.8 Å². The Bertz CT molecular complexity index is 730. The van der Waals surface area contributed by atoms with Crippen LogP contribution in [0.5, 0.6) is 0 Å². The van der Waals surface area contributed by atoms with E-state index in [0.717, 1.165) is 38.0 Å². The minimum atomic E-state index is 0.166. The van der Waals surface area contributed by atoms with E-state index in [0.29, 0.717) is 6.04 Å². The molecule has 2 aromatic rings. The Hall–Kier alpha value is -1.79. The Balaban J connectivity index is 1.76. The minimum Gasteiger partial charge on any atom is -0.338 e. The smallest absolute Gasteiger partial charge is 0.219 e. The highest BCUT2D eigenvalue weighted by atomic mass is 32.1. The van der Waals surface area contributed by atoms with Crippen molar-refractivity contribution in [1.29, 1.82) is 0 Å². The van der Waals surface area contributed by atoms with Crippen molar-refractivity contribution >= 4 is 17.4 Å². The molecule has 25 heavy (non-hydrogen) atoms. The van der Waals surface area contributed by atoms with Gasteiger partial charge in [-0.2, -0.15) is 0 Å². The normalized spacial score (nSPS) is 20.7. The second-order valence-corrected chi connectivity index (χ2v) is 7.72. The number of benzene rings is 1. The molecule has 6 heteroatoms. The van der Waals surface area contributed by atoms with Crippen LogP contribution in [0.3, 0.4) is 0 Å². The molecule has 3 rings (SSSR count). The monoisotopic (exact) mass is 358 g/mol.